The molecule has 3 atom stereocenters. The number of fused-ring (bicyclic) bond motifs is 1. The third kappa shape index (κ3) is 6.02. The van der Waals surface area contributed by atoms with Gasteiger partial charge in [0.1, 0.15) is 24.0 Å². The Morgan fingerprint density at radius 2 is 1.79 bits per heavy atom. The summed E-state index contributed by atoms with van der Waals surface area (Å²) in [6, 6.07) is 16.7. The average molecular weight is 582 g/mol. The van der Waals surface area contributed by atoms with Gasteiger partial charge in [0.15, 0.2) is 0 Å². The summed E-state index contributed by atoms with van der Waals surface area (Å²) in [5, 5.41) is 3.44. The first-order valence-corrected chi connectivity index (χ1v) is 15.0. The quantitative estimate of drug-likeness (QED) is 0.301. The molecule has 4 nitrogen and oxygen atoms in total. The molecule has 3 aromatic carbocycles. The fraction of sp³-hybridized carbons (Fsp3) is 0.471. The molecule has 0 radical (unpaired) electrons. The summed E-state index contributed by atoms with van der Waals surface area (Å²) < 4.78 is 67.2. The van der Waals surface area contributed by atoms with E-state index < -0.39 is 30.1 Å². The van der Waals surface area contributed by atoms with Gasteiger partial charge in [0.05, 0.1) is 12.6 Å². The highest BCUT2D eigenvalue weighted by Gasteiger charge is 2.42. The number of hydrogen-bond acceptors (Lipinski definition) is 4. The summed E-state index contributed by atoms with van der Waals surface area (Å²) in [6.07, 6.45) is 3.60. The van der Waals surface area contributed by atoms with Crippen LogP contribution in [0.5, 0.6) is 5.75 Å². The molecule has 0 saturated carbocycles. The number of nitrogens with zero attached hydrogens (tertiary/aromatic N) is 2. The zero-order chi connectivity index (χ0) is 29.5. The number of anilines is 1. The van der Waals surface area contributed by atoms with Crippen molar-refractivity contribution in [2.45, 2.75) is 64.1 Å². The topological polar surface area (TPSA) is 27.7 Å². The number of ether oxygens (including phenoxy) is 1. The fourth-order valence-electron chi connectivity index (χ4n) is 7.20. The van der Waals surface area contributed by atoms with Crippen LogP contribution in [0.25, 0.3) is 0 Å². The average Bonchev–Trinajstić information content (AvgIpc) is 3.40. The Morgan fingerprint density at radius 1 is 1.02 bits per heavy atom. The van der Waals surface area contributed by atoms with E-state index in [9.17, 15) is 8.78 Å². The highest BCUT2D eigenvalue weighted by atomic mass is 19.3. The summed E-state index contributed by atoms with van der Waals surface area (Å²) in [4.78, 5) is 3.63. The van der Waals surface area contributed by atoms with E-state index in [2.05, 4.69) is 10.2 Å². The lowest BCUT2D eigenvalue weighted by atomic mass is 9.79. The predicted octanol–water partition coefficient (Wildman–Crippen LogP) is 7.11. The summed E-state index contributed by atoms with van der Waals surface area (Å²) in [6.45, 7) is 5.84. The van der Waals surface area contributed by atoms with E-state index in [4.69, 9.17) is 4.74 Å². The molecule has 0 aliphatic carbocycles. The molecule has 2 fully saturated rings. The van der Waals surface area contributed by atoms with Gasteiger partial charge < -0.3 is 15.0 Å². The molecule has 42 heavy (non-hydrogen) atoms. The second-order valence-electron chi connectivity index (χ2n) is 12.6. The zero-order valence-corrected chi connectivity index (χ0v) is 24.3. The van der Waals surface area contributed by atoms with Gasteiger partial charge in [-0.25, -0.2) is 17.6 Å². The van der Waals surface area contributed by atoms with Gasteiger partial charge in [-0.15, -0.1) is 0 Å². The van der Waals surface area contributed by atoms with Gasteiger partial charge in [-0.3, -0.25) is 4.90 Å². The van der Waals surface area contributed by atoms with Crippen molar-refractivity contribution in [1.82, 2.24) is 10.2 Å². The Hall–Kier alpha value is -3.10. The van der Waals surface area contributed by atoms with Crippen molar-refractivity contribution in [1.29, 1.82) is 0 Å². The van der Waals surface area contributed by atoms with Gasteiger partial charge in [-0.1, -0.05) is 36.4 Å². The van der Waals surface area contributed by atoms with Gasteiger partial charge in [0.25, 0.3) is 5.92 Å². The van der Waals surface area contributed by atoms with Crippen molar-refractivity contribution in [3.63, 3.8) is 0 Å². The molecule has 1 spiro atoms. The second-order valence-corrected chi connectivity index (χ2v) is 12.6. The first-order chi connectivity index (χ1) is 20.1. The monoisotopic (exact) mass is 581 g/mol. The summed E-state index contributed by atoms with van der Waals surface area (Å²) in [5.41, 5.74) is 2.97. The Morgan fingerprint density at radius 3 is 2.48 bits per heavy atom. The van der Waals surface area contributed by atoms with Gasteiger partial charge >= 0.3 is 0 Å². The number of nitrogens with one attached hydrogen (secondary N) is 1. The first-order valence-electron chi connectivity index (χ1n) is 15.0. The van der Waals surface area contributed by atoms with E-state index in [1.807, 2.05) is 43.3 Å². The van der Waals surface area contributed by atoms with Crippen LogP contribution in [0.3, 0.4) is 0 Å². The van der Waals surface area contributed by atoms with Crippen LogP contribution in [0, 0.1) is 17.0 Å². The molecular formula is C34H39F4N3O. The standard InChI is InChI=1S/C34H39F4N3O/c1-23-15-25-16-27(42-19-24-7-4-3-5-8-24)9-10-28(25)32(41(23)21-33(2,37)38)31-29(35)17-26(18-30(31)36)40-14-6-11-34(22-40)12-13-39-20-34/h3-5,7-10,16-18,23,32,39H,6,11-15,19-22H2,1-2H3/t23-,32?,34?/m1/s1. The molecule has 0 amide bonds. The molecule has 8 heteroatoms. The Labute approximate surface area is 245 Å². The molecule has 3 aromatic rings. The van der Waals surface area contributed by atoms with Crippen LogP contribution in [0.15, 0.2) is 60.7 Å². The molecule has 0 aromatic heterocycles. The minimum absolute atomic E-state index is 0.130. The van der Waals surface area contributed by atoms with E-state index in [0.29, 0.717) is 30.0 Å². The van der Waals surface area contributed by atoms with Crippen molar-refractivity contribution in [3.05, 3.63) is 94.6 Å². The molecule has 2 unspecified atom stereocenters. The number of alkyl halides is 2. The summed E-state index contributed by atoms with van der Waals surface area (Å²) in [7, 11) is 0. The Balaban J connectivity index is 1.34. The third-order valence-electron chi connectivity index (χ3n) is 9.23. The van der Waals surface area contributed by atoms with Crippen molar-refractivity contribution in [2.24, 2.45) is 5.41 Å². The van der Waals surface area contributed by atoms with Crippen LogP contribution < -0.4 is 15.0 Å². The maximum absolute atomic E-state index is 16.1. The maximum Gasteiger partial charge on any atom is 0.257 e. The van der Waals surface area contributed by atoms with Crippen molar-refractivity contribution in [2.75, 3.05) is 37.6 Å². The predicted molar refractivity (Wildman–Crippen MR) is 157 cm³/mol. The molecule has 3 aliphatic heterocycles. The highest BCUT2D eigenvalue weighted by Crippen LogP contribution is 2.44. The third-order valence-corrected chi connectivity index (χ3v) is 9.23. The molecule has 2 saturated heterocycles. The lowest BCUT2D eigenvalue weighted by Gasteiger charge is -2.44. The van der Waals surface area contributed by atoms with E-state index in [-0.39, 0.29) is 17.0 Å². The van der Waals surface area contributed by atoms with Gasteiger partial charge in [0, 0.05) is 49.3 Å². The molecule has 3 heterocycles. The molecular weight excluding hydrogens is 542 g/mol. The van der Waals surface area contributed by atoms with Crippen molar-refractivity contribution < 1.29 is 22.3 Å². The van der Waals surface area contributed by atoms with Crippen LogP contribution >= 0.6 is 0 Å². The van der Waals surface area contributed by atoms with E-state index in [1.54, 1.807) is 17.0 Å². The lowest BCUT2D eigenvalue weighted by Crippen LogP contribution is -2.48. The summed E-state index contributed by atoms with van der Waals surface area (Å²) in [5.74, 6) is -3.80. The maximum atomic E-state index is 16.1. The molecule has 3 aliphatic rings. The normalized spacial score (nSPS) is 24.7. The minimum Gasteiger partial charge on any atom is -0.489 e. The molecule has 224 valence electrons. The molecule has 1 N–H and O–H groups in total. The summed E-state index contributed by atoms with van der Waals surface area (Å²) >= 11 is 0. The number of hydrogen-bond donors (Lipinski definition) is 1. The smallest absolute Gasteiger partial charge is 0.257 e. The van der Waals surface area contributed by atoms with E-state index >= 15 is 8.78 Å². The Bertz CT molecular complexity index is 1380. The van der Waals surface area contributed by atoms with Crippen LogP contribution in [0.2, 0.25) is 0 Å². The number of halogens is 4. The minimum atomic E-state index is -3.03. The molecule has 0 bridgehead atoms. The van der Waals surface area contributed by atoms with Crippen LogP contribution in [-0.2, 0) is 13.0 Å². The fourth-order valence-corrected chi connectivity index (χ4v) is 7.20. The van der Waals surface area contributed by atoms with Gasteiger partial charge in [-0.2, -0.15) is 0 Å². The zero-order valence-electron chi connectivity index (χ0n) is 24.3. The second kappa shape index (κ2) is 11.5. The SMILES string of the molecule is C[C@@H]1Cc2cc(OCc3ccccc3)ccc2C(c2c(F)cc(N3CCCC4(CCNC4)C3)cc2F)N1CC(C)(F)F. The molecule has 6 rings (SSSR count). The Kier molecular flexibility index (Phi) is 7.96. The highest BCUT2D eigenvalue weighted by molar-refractivity contribution is 5.53. The van der Waals surface area contributed by atoms with Gasteiger partial charge in [-0.05, 0) is 80.1 Å². The van der Waals surface area contributed by atoms with Crippen molar-refractivity contribution >= 4 is 5.69 Å². The van der Waals surface area contributed by atoms with Crippen LogP contribution in [0.1, 0.15) is 61.4 Å². The van der Waals surface area contributed by atoms with E-state index in [0.717, 1.165) is 63.5 Å². The lowest BCUT2D eigenvalue weighted by molar-refractivity contribution is -0.0371. The van der Waals surface area contributed by atoms with Crippen molar-refractivity contribution in [3.8, 4) is 5.75 Å². The van der Waals surface area contributed by atoms with Crippen LogP contribution in [-0.4, -0.2) is 49.6 Å². The van der Waals surface area contributed by atoms with E-state index in [1.165, 1.54) is 12.1 Å². The number of piperidine rings is 1. The van der Waals surface area contributed by atoms with Gasteiger partial charge in [0.2, 0.25) is 0 Å². The number of benzene rings is 3. The number of rotatable bonds is 7. The van der Waals surface area contributed by atoms with Crippen LogP contribution in [0.4, 0.5) is 23.2 Å². The largest absolute Gasteiger partial charge is 0.489 e. The first kappa shape index (κ1) is 29.0.